The van der Waals surface area contributed by atoms with Crippen molar-refractivity contribution in [2.45, 2.75) is 11.8 Å². The number of anilines is 2. The van der Waals surface area contributed by atoms with E-state index in [1.54, 1.807) is 43.3 Å². The highest BCUT2D eigenvalue weighted by molar-refractivity contribution is 7.92. The maximum absolute atomic E-state index is 12.6. The van der Waals surface area contributed by atoms with Gasteiger partial charge in [-0.3, -0.25) is 4.84 Å². The van der Waals surface area contributed by atoms with Crippen LogP contribution in [0.5, 0.6) is 0 Å². The van der Waals surface area contributed by atoms with Crippen LogP contribution in [0.15, 0.2) is 59.5 Å². The van der Waals surface area contributed by atoms with Crippen molar-refractivity contribution < 1.29 is 13.3 Å². The van der Waals surface area contributed by atoms with Crippen molar-refractivity contribution in [3.8, 4) is 0 Å². The number of sulfonamides is 1. The molecule has 0 heterocycles. The molecule has 2 rings (SSSR count). The Morgan fingerprint density at radius 3 is 2.20 bits per heavy atom. The second-order valence-electron chi connectivity index (χ2n) is 4.05. The minimum atomic E-state index is -3.78. The molecule has 5 nitrogen and oxygen atoms in total. The molecule has 0 aromatic heterocycles. The lowest BCUT2D eigenvalue weighted by molar-refractivity contribution is 0.163. The van der Waals surface area contributed by atoms with Gasteiger partial charge in [-0.1, -0.05) is 18.2 Å². The van der Waals surface area contributed by atoms with E-state index in [4.69, 9.17) is 10.6 Å². The molecule has 2 aromatic carbocycles. The maximum atomic E-state index is 12.6. The monoisotopic (exact) mass is 292 g/mol. The SMILES string of the molecule is CCON(c1ccccc1)S(=O)(=O)c1ccc(N)cc1. The summed E-state index contributed by atoms with van der Waals surface area (Å²) in [7, 11) is -3.78. The van der Waals surface area contributed by atoms with Gasteiger partial charge in [0.1, 0.15) is 0 Å². The van der Waals surface area contributed by atoms with Gasteiger partial charge in [0.05, 0.1) is 17.2 Å². The zero-order valence-electron chi connectivity index (χ0n) is 11.1. The van der Waals surface area contributed by atoms with Crippen LogP contribution in [0, 0.1) is 0 Å². The zero-order valence-corrected chi connectivity index (χ0v) is 11.9. The molecule has 20 heavy (non-hydrogen) atoms. The van der Waals surface area contributed by atoms with Crippen molar-refractivity contribution in [1.29, 1.82) is 0 Å². The van der Waals surface area contributed by atoms with E-state index in [1.807, 2.05) is 6.07 Å². The van der Waals surface area contributed by atoms with E-state index < -0.39 is 10.0 Å². The van der Waals surface area contributed by atoms with E-state index in [2.05, 4.69) is 0 Å². The van der Waals surface area contributed by atoms with Crippen molar-refractivity contribution in [3.63, 3.8) is 0 Å². The molecule has 2 aromatic rings. The van der Waals surface area contributed by atoms with Crippen LogP contribution in [-0.2, 0) is 14.9 Å². The summed E-state index contributed by atoms with van der Waals surface area (Å²) < 4.78 is 26.1. The number of nitrogen functional groups attached to an aromatic ring is 1. The lowest BCUT2D eigenvalue weighted by atomic mass is 10.3. The summed E-state index contributed by atoms with van der Waals surface area (Å²) in [6.07, 6.45) is 0. The molecule has 0 unspecified atom stereocenters. The lowest BCUT2D eigenvalue weighted by Gasteiger charge is -2.22. The number of para-hydroxylation sites is 1. The van der Waals surface area contributed by atoms with E-state index in [-0.39, 0.29) is 11.5 Å². The van der Waals surface area contributed by atoms with Crippen LogP contribution in [0.3, 0.4) is 0 Å². The van der Waals surface area contributed by atoms with Gasteiger partial charge in [-0.2, -0.15) is 8.42 Å². The molecule has 6 heteroatoms. The van der Waals surface area contributed by atoms with E-state index in [0.29, 0.717) is 11.4 Å². The summed E-state index contributed by atoms with van der Waals surface area (Å²) in [6, 6.07) is 14.7. The Hall–Kier alpha value is -2.05. The van der Waals surface area contributed by atoms with Crippen LogP contribution in [-0.4, -0.2) is 15.0 Å². The Morgan fingerprint density at radius 2 is 1.65 bits per heavy atom. The number of nitrogens with two attached hydrogens (primary N) is 1. The van der Waals surface area contributed by atoms with Gasteiger partial charge < -0.3 is 5.73 Å². The van der Waals surface area contributed by atoms with Gasteiger partial charge in [-0.05, 0) is 43.3 Å². The molecule has 0 radical (unpaired) electrons. The summed E-state index contributed by atoms with van der Waals surface area (Å²) >= 11 is 0. The first-order valence-electron chi connectivity index (χ1n) is 6.14. The van der Waals surface area contributed by atoms with Crippen molar-refractivity contribution in [3.05, 3.63) is 54.6 Å². The van der Waals surface area contributed by atoms with E-state index in [0.717, 1.165) is 4.47 Å². The Kier molecular flexibility index (Phi) is 4.26. The molecule has 0 atom stereocenters. The summed E-state index contributed by atoms with van der Waals surface area (Å²) in [5.41, 5.74) is 6.53. The quantitative estimate of drug-likeness (QED) is 0.678. The summed E-state index contributed by atoms with van der Waals surface area (Å²) in [6.45, 7) is 1.97. The minimum absolute atomic E-state index is 0.129. The molecular formula is C14H16N2O3S. The van der Waals surface area contributed by atoms with Crippen molar-refractivity contribution >= 4 is 21.4 Å². The predicted octanol–water partition coefficient (Wildman–Crippen LogP) is 2.42. The number of nitrogens with zero attached hydrogens (tertiary/aromatic N) is 1. The number of hydrogen-bond donors (Lipinski definition) is 1. The zero-order chi connectivity index (χ0) is 14.6. The second-order valence-corrected chi connectivity index (χ2v) is 5.81. The van der Waals surface area contributed by atoms with Gasteiger partial charge in [-0.25, -0.2) is 0 Å². The fourth-order valence-corrected chi connectivity index (χ4v) is 3.00. The van der Waals surface area contributed by atoms with E-state index in [9.17, 15) is 8.42 Å². The molecule has 0 fully saturated rings. The normalized spacial score (nSPS) is 11.2. The third-order valence-electron chi connectivity index (χ3n) is 2.61. The standard InChI is InChI=1S/C14H16N2O3S/c1-2-19-16(13-6-4-3-5-7-13)20(17,18)14-10-8-12(15)9-11-14/h3-11H,2,15H2,1H3. The Bertz CT molecular complexity index is 655. The van der Waals surface area contributed by atoms with Crippen LogP contribution in [0.25, 0.3) is 0 Å². The maximum Gasteiger partial charge on any atom is 0.286 e. The smallest absolute Gasteiger partial charge is 0.286 e. The van der Waals surface area contributed by atoms with Gasteiger partial charge in [0.25, 0.3) is 10.0 Å². The minimum Gasteiger partial charge on any atom is -0.399 e. The predicted molar refractivity (Wildman–Crippen MR) is 78.6 cm³/mol. The van der Waals surface area contributed by atoms with Crippen LogP contribution < -0.4 is 10.2 Å². The molecule has 106 valence electrons. The molecule has 0 saturated carbocycles. The highest BCUT2D eigenvalue weighted by atomic mass is 32.2. The van der Waals surface area contributed by atoms with Crippen LogP contribution in [0.4, 0.5) is 11.4 Å². The third kappa shape index (κ3) is 2.92. The summed E-state index contributed by atoms with van der Waals surface area (Å²) in [5, 5.41) is 0. The molecule has 0 saturated heterocycles. The van der Waals surface area contributed by atoms with Gasteiger partial charge in [0.15, 0.2) is 0 Å². The average molecular weight is 292 g/mol. The van der Waals surface area contributed by atoms with Gasteiger partial charge in [0, 0.05) is 5.69 Å². The number of hydrogen-bond acceptors (Lipinski definition) is 4. The lowest BCUT2D eigenvalue weighted by Crippen LogP contribution is -2.31. The number of rotatable bonds is 5. The van der Waals surface area contributed by atoms with Gasteiger partial charge in [-0.15, -0.1) is 4.47 Å². The molecule has 0 aliphatic rings. The van der Waals surface area contributed by atoms with Crippen molar-refractivity contribution in [2.75, 3.05) is 16.8 Å². The van der Waals surface area contributed by atoms with E-state index >= 15 is 0 Å². The first kappa shape index (κ1) is 14.4. The van der Waals surface area contributed by atoms with Crippen LogP contribution in [0.2, 0.25) is 0 Å². The highest BCUT2D eigenvalue weighted by Gasteiger charge is 2.25. The molecule has 0 aliphatic heterocycles. The first-order valence-corrected chi connectivity index (χ1v) is 7.58. The van der Waals surface area contributed by atoms with Crippen molar-refractivity contribution in [2.24, 2.45) is 0 Å². The highest BCUT2D eigenvalue weighted by Crippen LogP contribution is 2.24. The Morgan fingerprint density at radius 1 is 1.05 bits per heavy atom. The first-order chi connectivity index (χ1) is 9.55. The van der Waals surface area contributed by atoms with Gasteiger partial charge in [0.2, 0.25) is 0 Å². The molecular weight excluding hydrogens is 276 g/mol. The fourth-order valence-electron chi connectivity index (χ4n) is 1.69. The van der Waals surface area contributed by atoms with Crippen molar-refractivity contribution in [1.82, 2.24) is 0 Å². The fraction of sp³-hybridized carbons (Fsp3) is 0.143. The third-order valence-corrected chi connectivity index (χ3v) is 4.23. The van der Waals surface area contributed by atoms with Crippen LogP contribution in [0.1, 0.15) is 6.92 Å². The van der Waals surface area contributed by atoms with Crippen LogP contribution >= 0.6 is 0 Å². The summed E-state index contributed by atoms with van der Waals surface area (Å²) in [5.74, 6) is 0. The van der Waals surface area contributed by atoms with E-state index in [1.165, 1.54) is 12.1 Å². The molecule has 0 bridgehead atoms. The summed E-state index contributed by atoms with van der Waals surface area (Å²) in [4.78, 5) is 5.42. The largest absolute Gasteiger partial charge is 0.399 e. The number of benzene rings is 2. The molecule has 0 amide bonds. The Labute approximate surface area is 118 Å². The average Bonchev–Trinajstić information content (AvgIpc) is 2.46. The molecule has 0 aliphatic carbocycles. The molecule has 2 N–H and O–H groups in total. The Balaban J connectivity index is 2.45. The molecule has 0 spiro atoms. The topological polar surface area (TPSA) is 72.6 Å². The second kappa shape index (κ2) is 5.94. The van der Waals surface area contributed by atoms with Gasteiger partial charge >= 0.3 is 0 Å².